The Kier molecular flexibility index (Phi) is 5.36. The van der Waals surface area contributed by atoms with E-state index in [1.807, 2.05) is 0 Å². The fourth-order valence-electron chi connectivity index (χ4n) is 5.05. The highest BCUT2D eigenvalue weighted by Gasteiger charge is 2.59. The van der Waals surface area contributed by atoms with Gasteiger partial charge in [0, 0.05) is 24.3 Å². The summed E-state index contributed by atoms with van der Waals surface area (Å²) in [5, 5.41) is 14.6. The molecule has 2 fully saturated rings. The molecule has 0 aromatic rings. The van der Waals surface area contributed by atoms with Crippen LogP contribution in [0.1, 0.15) is 59.3 Å². The first kappa shape index (κ1) is 17.9. The number of hydrogen-bond acceptors (Lipinski definition) is 4. The Morgan fingerprint density at radius 2 is 2.21 bits per heavy atom. The first-order chi connectivity index (χ1) is 11.5. The molecule has 136 valence electrons. The van der Waals surface area contributed by atoms with Gasteiger partial charge in [-0.1, -0.05) is 45.3 Å². The van der Waals surface area contributed by atoms with Crippen LogP contribution in [-0.2, 0) is 9.53 Å². The predicted molar refractivity (Wildman–Crippen MR) is 94.5 cm³/mol. The summed E-state index contributed by atoms with van der Waals surface area (Å²) in [5.74, 6) is 0.0443. The maximum Gasteiger partial charge on any atom is 0.311 e. The third kappa shape index (κ3) is 2.92. The molecular weight excluding hydrogens is 302 g/mol. The van der Waals surface area contributed by atoms with Crippen molar-refractivity contribution in [3.8, 4) is 0 Å². The molecule has 3 aliphatic rings. The first-order valence-corrected chi connectivity index (χ1v) is 9.78. The molecule has 2 aliphatic carbocycles. The Morgan fingerprint density at radius 3 is 2.96 bits per heavy atom. The average Bonchev–Trinajstić information content (AvgIpc) is 2.86. The lowest BCUT2D eigenvalue weighted by Gasteiger charge is -2.51. The van der Waals surface area contributed by atoms with Gasteiger partial charge in [-0.05, 0) is 31.7 Å². The van der Waals surface area contributed by atoms with Crippen molar-refractivity contribution < 1.29 is 14.6 Å². The van der Waals surface area contributed by atoms with Gasteiger partial charge in [0.2, 0.25) is 0 Å². The number of nitrogens with one attached hydrogen (secondary N) is 1. The van der Waals surface area contributed by atoms with Crippen molar-refractivity contribution in [1.82, 2.24) is 5.32 Å². The second kappa shape index (κ2) is 7.17. The number of rotatable bonds is 6. The molecule has 0 spiro atoms. The molecule has 4 heteroatoms. The van der Waals surface area contributed by atoms with Gasteiger partial charge in [-0.3, -0.25) is 4.79 Å². The Bertz CT molecular complexity index is 503. The Labute approximate surface area is 146 Å². The van der Waals surface area contributed by atoms with E-state index in [4.69, 9.17) is 4.74 Å². The summed E-state index contributed by atoms with van der Waals surface area (Å²) >= 11 is 0. The molecule has 2 N–H and O–H groups in total. The number of esters is 1. The lowest BCUT2D eigenvalue weighted by atomic mass is 9.55. The quantitative estimate of drug-likeness (QED) is 0.445. The summed E-state index contributed by atoms with van der Waals surface area (Å²) in [5.41, 5.74) is 1.10. The summed E-state index contributed by atoms with van der Waals surface area (Å²) in [6, 6.07) is 0. The van der Waals surface area contributed by atoms with E-state index in [9.17, 15) is 9.90 Å². The summed E-state index contributed by atoms with van der Waals surface area (Å²) in [6.07, 6.45) is 8.19. The minimum Gasteiger partial charge on any atom is -0.461 e. The third-order valence-corrected chi connectivity index (χ3v) is 6.89. The fraction of sp³-hybridized carbons (Fsp3) is 0.850. The molecule has 4 nitrogen and oxygen atoms in total. The van der Waals surface area contributed by atoms with E-state index in [0.717, 1.165) is 32.2 Å². The largest absolute Gasteiger partial charge is 0.461 e. The second-order valence-electron chi connectivity index (χ2n) is 8.21. The number of ether oxygens (including phenoxy) is 1. The predicted octanol–water partition coefficient (Wildman–Crippen LogP) is 3.05. The molecule has 0 unspecified atom stereocenters. The van der Waals surface area contributed by atoms with Gasteiger partial charge in [0.15, 0.2) is 0 Å². The Hall–Kier alpha value is -0.870. The summed E-state index contributed by atoms with van der Waals surface area (Å²) in [6.45, 7) is 8.19. The normalized spacial score (nSPS) is 41.4. The number of aliphatic hydroxyl groups is 1. The zero-order valence-corrected chi connectivity index (χ0v) is 15.4. The zero-order chi connectivity index (χ0) is 17.3. The van der Waals surface area contributed by atoms with E-state index in [0.29, 0.717) is 12.5 Å². The molecule has 0 radical (unpaired) electrons. The van der Waals surface area contributed by atoms with Gasteiger partial charge < -0.3 is 15.2 Å². The van der Waals surface area contributed by atoms with E-state index in [1.165, 1.54) is 18.4 Å². The van der Waals surface area contributed by atoms with Crippen molar-refractivity contribution in [2.24, 2.45) is 23.2 Å². The van der Waals surface area contributed by atoms with Crippen molar-refractivity contribution in [2.75, 3.05) is 13.1 Å². The van der Waals surface area contributed by atoms with E-state index < -0.39 is 6.10 Å². The molecule has 1 saturated carbocycles. The van der Waals surface area contributed by atoms with Crippen molar-refractivity contribution in [2.45, 2.75) is 71.5 Å². The molecule has 0 aromatic carbocycles. The number of fused-ring (bicyclic) bond motifs is 2. The van der Waals surface area contributed by atoms with Gasteiger partial charge in [0.05, 0.1) is 12.0 Å². The number of unbranched alkanes of at least 4 members (excludes halogenated alkanes) is 2. The number of hydrogen-bond donors (Lipinski definition) is 2. The van der Waals surface area contributed by atoms with Crippen LogP contribution in [0.2, 0.25) is 0 Å². The first-order valence-electron chi connectivity index (χ1n) is 9.78. The fourth-order valence-corrected chi connectivity index (χ4v) is 5.05. The maximum atomic E-state index is 12.4. The zero-order valence-electron chi connectivity index (χ0n) is 15.4. The monoisotopic (exact) mass is 335 g/mol. The van der Waals surface area contributed by atoms with E-state index >= 15 is 0 Å². The highest BCUT2D eigenvalue weighted by atomic mass is 16.6. The van der Waals surface area contributed by atoms with Crippen LogP contribution < -0.4 is 5.32 Å². The molecule has 1 saturated heterocycles. The molecule has 1 heterocycles. The number of aliphatic hydroxyl groups excluding tert-OH is 1. The van der Waals surface area contributed by atoms with Crippen LogP contribution in [0.15, 0.2) is 11.6 Å². The molecule has 0 bridgehead atoms. The summed E-state index contributed by atoms with van der Waals surface area (Å²) in [4.78, 5) is 12.4. The van der Waals surface area contributed by atoms with Gasteiger partial charge in [-0.2, -0.15) is 0 Å². The molecular formula is C20H33NO3. The maximum absolute atomic E-state index is 12.4. The second-order valence-corrected chi connectivity index (χ2v) is 8.21. The highest BCUT2D eigenvalue weighted by Crippen LogP contribution is 2.55. The number of allylic oxidation sites excluding steroid dienone is 1. The molecule has 0 aromatic heterocycles. The number of carbonyl (C=O) groups excluding carboxylic acids is 1. The summed E-state index contributed by atoms with van der Waals surface area (Å²) < 4.78 is 5.68. The van der Waals surface area contributed by atoms with Gasteiger partial charge in [-0.25, -0.2) is 0 Å². The van der Waals surface area contributed by atoms with Crippen LogP contribution >= 0.6 is 0 Å². The van der Waals surface area contributed by atoms with E-state index in [1.54, 1.807) is 0 Å². The molecule has 24 heavy (non-hydrogen) atoms. The van der Waals surface area contributed by atoms with Crippen molar-refractivity contribution >= 4 is 5.97 Å². The van der Waals surface area contributed by atoms with Crippen LogP contribution in [0.5, 0.6) is 0 Å². The van der Waals surface area contributed by atoms with Gasteiger partial charge >= 0.3 is 5.97 Å². The Balaban J connectivity index is 1.72. The summed E-state index contributed by atoms with van der Waals surface area (Å²) in [7, 11) is 0. The molecule has 6 atom stereocenters. The lowest BCUT2D eigenvalue weighted by Crippen LogP contribution is -2.54. The van der Waals surface area contributed by atoms with Crippen LogP contribution in [-0.4, -0.2) is 36.4 Å². The van der Waals surface area contributed by atoms with Crippen LogP contribution in [0.4, 0.5) is 0 Å². The topological polar surface area (TPSA) is 58.6 Å². The van der Waals surface area contributed by atoms with Crippen molar-refractivity contribution in [1.29, 1.82) is 0 Å². The minimum atomic E-state index is -0.494. The standard InChI is InChI=1S/C20H33NO3/c1-4-5-6-10-21-12-15-17-16(24-19(15)23)11-14-9-7-8-13(2)20(14,3)18(17)22/h9,13,15-18,21-22H,4-8,10-12H2,1-3H3/t13-,15-,16-,17+,18+,20-/m0/s1. The van der Waals surface area contributed by atoms with Gasteiger partial charge in [-0.15, -0.1) is 0 Å². The number of carbonyl (C=O) groups is 1. The average molecular weight is 335 g/mol. The third-order valence-electron chi connectivity index (χ3n) is 6.89. The van der Waals surface area contributed by atoms with Crippen molar-refractivity contribution in [3.63, 3.8) is 0 Å². The molecule has 1 aliphatic heterocycles. The minimum absolute atomic E-state index is 0.0705. The van der Waals surface area contributed by atoms with Crippen LogP contribution in [0.3, 0.4) is 0 Å². The Morgan fingerprint density at radius 1 is 1.42 bits per heavy atom. The van der Waals surface area contributed by atoms with Crippen LogP contribution in [0.25, 0.3) is 0 Å². The lowest BCUT2D eigenvalue weighted by molar-refractivity contribution is -0.144. The SMILES string of the molecule is CCCCCNC[C@@H]1C(=O)O[C@H]2CC3=CCC[C@H](C)[C@]3(C)[C@H](O)[C@@H]21. The van der Waals surface area contributed by atoms with E-state index in [-0.39, 0.29) is 29.3 Å². The van der Waals surface area contributed by atoms with Gasteiger partial charge in [0.1, 0.15) is 6.10 Å². The van der Waals surface area contributed by atoms with Crippen molar-refractivity contribution in [3.05, 3.63) is 11.6 Å². The smallest absolute Gasteiger partial charge is 0.311 e. The molecule has 3 rings (SSSR count). The molecule has 0 amide bonds. The van der Waals surface area contributed by atoms with Gasteiger partial charge in [0.25, 0.3) is 0 Å². The van der Waals surface area contributed by atoms with Crippen LogP contribution in [0, 0.1) is 23.2 Å². The highest BCUT2D eigenvalue weighted by molar-refractivity contribution is 5.76. The van der Waals surface area contributed by atoms with E-state index in [2.05, 4.69) is 32.2 Å².